The van der Waals surface area contributed by atoms with Crippen molar-refractivity contribution in [2.45, 2.75) is 40.7 Å². The number of rotatable bonds is 7. The second-order valence-electron chi connectivity index (χ2n) is 8.71. The summed E-state index contributed by atoms with van der Waals surface area (Å²) in [6.45, 7) is 9.06. The number of carbonyl (C=O) groups excluding carboxylic acids is 1. The average molecular weight is 458 g/mol. The van der Waals surface area contributed by atoms with Crippen molar-refractivity contribution in [3.05, 3.63) is 82.7 Å². The zero-order chi connectivity index (χ0) is 24.4. The van der Waals surface area contributed by atoms with Crippen molar-refractivity contribution in [3.63, 3.8) is 0 Å². The van der Waals surface area contributed by atoms with Crippen LogP contribution < -0.4 is 4.74 Å². The Bertz CT molecular complexity index is 1330. The van der Waals surface area contributed by atoms with Gasteiger partial charge in [0.1, 0.15) is 5.82 Å². The van der Waals surface area contributed by atoms with E-state index in [4.69, 9.17) is 9.72 Å². The number of para-hydroxylation sites is 2. The van der Waals surface area contributed by atoms with E-state index in [2.05, 4.69) is 19.1 Å². The number of phenols is 1. The van der Waals surface area contributed by atoms with Crippen molar-refractivity contribution >= 4 is 16.9 Å². The number of hydrogen-bond donors (Lipinski definition) is 1. The molecular formula is C28H31N3O3. The van der Waals surface area contributed by atoms with Crippen LogP contribution in [0.25, 0.3) is 16.7 Å². The Morgan fingerprint density at radius 3 is 2.41 bits per heavy atom. The van der Waals surface area contributed by atoms with Gasteiger partial charge in [-0.2, -0.15) is 0 Å². The Balaban J connectivity index is 1.81. The van der Waals surface area contributed by atoms with Crippen molar-refractivity contribution in [2.75, 3.05) is 13.7 Å². The summed E-state index contributed by atoms with van der Waals surface area (Å²) in [4.78, 5) is 20.5. The van der Waals surface area contributed by atoms with Gasteiger partial charge in [0.2, 0.25) is 0 Å². The molecule has 1 heterocycles. The first kappa shape index (κ1) is 23.4. The predicted molar refractivity (Wildman–Crippen MR) is 135 cm³/mol. The summed E-state index contributed by atoms with van der Waals surface area (Å²) in [5.74, 6) is 1.20. The van der Waals surface area contributed by atoms with Gasteiger partial charge in [-0.05, 0) is 62.6 Å². The van der Waals surface area contributed by atoms with E-state index in [1.54, 1.807) is 12.1 Å². The normalized spacial score (nSPS) is 11.1. The summed E-state index contributed by atoms with van der Waals surface area (Å²) >= 11 is 0. The van der Waals surface area contributed by atoms with Crippen LogP contribution in [0.2, 0.25) is 0 Å². The number of phenolic OH excluding ortho intramolecular Hbond substituents is 1. The highest BCUT2D eigenvalue weighted by Crippen LogP contribution is 2.31. The maximum absolute atomic E-state index is 13.7. The molecule has 0 aliphatic rings. The largest absolute Gasteiger partial charge is 0.504 e. The molecule has 4 rings (SSSR count). The number of imidazole rings is 1. The van der Waals surface area contributed by atoms with E-state index in [9.17, 15) is 9.90 Å². The third-order valence-corrected chi connectivity index (χ3v) is 6.05. The molecule has 3 aromatic carbocycles. The van der Waals surface area contributed by atoms with Gasteiger partial charge in [-0.15, -0.1) is 0 Å². The number of benzene rings is 3. The first-order valence-electron chi connectivity index (χ1n) is 11.5. The number of fused-ring (bicyclic) bond motifs is 1. The zero-order valence-corrected chi connectivity index (χ0v) is 20.4. The molecule has 0 saturated carbocycles. The molecule has 0 unspecified atom stereocenters. The monoisotopic (exact) mass is 457 g/mol. The van der Waals surface area contributed by atoms with Crippen molar-refractivity contribution in [1.82, 2.24) is 14.5 Å². The topological polar surface area (TPSA) is 67.6 Å². The molecule has 0 aliphatic carbocycles. The Hall–Kier alpha value is -3.80. The molecule has 4 aromatic rings. The fourth-order valence-corrected chi connectivity index (χ4v) is 4.66. The number of aryl methyl sites for hydroxylation is 3. The lowest BCUT2D eigenvalue weighted by atomic mass is 9.98. The molecule has 0 spiro atoms. The Morgan fingerprint density at radius 1 is 1.06 bits per heavy atom. The van der Waals surface area contributed by atoms with E-state index >= 15 is 0 Å². The van der Waals surface area contributed by atoms with Crippen molar-refractivity contribution in [3.8, 4) is 17.2 Å². The van der Waals surface area contributed by atoms with Gasteiger partial charge in [0.15, 0.2) is 11.5 Å². The highest BCUT2D eigenvalue weighted by atomic mass is 16.5. The lowest BCUT2D eigenvalue weighted by Crippen LogP contribution is -2.33. The molecule has 176 valence electrons. The lowest BCUT2D eigenvalue weighted by Gasteiger charge is -2.24. The van der Waals surface area contributed by atoms with Crippen molar-refractivity contribution < 1.29 is 14.6 Å². The van der Waals surface area contributed by atoms with Gasteiger partial charge in [0.25, 0.3) is 5.91 Å². The summed E-state index contributed by atoms with van der Waals surface area (Å²) in [5, 5.41) is 10.4. The Morgan fingerprint density at radius 2 is 1.76 bits per heavy atom. The van der Waals surface area contributed by atoms with E-state index in [0.29, 0.717) is 18.8 Å². The number of aromatic hydroxyl groups is 1. The smallest absolute Gasteiger partial charge is 0.254 e. The maximum Gasteiger partial charge on any atom is 0.254 e. The van der Waals surface area contributed by atoms with E-state index in [0.717, 1.165) is 51.2 Å². The summed E-state index contributed by atoms with van der Waals surface area (Å²) in [6.07, 6.45) is 0.833. The first-order chi connectivity index (χ1) is 16.3. The number of amides is 1. The molecule has 34 heavy (non-hydrogen) atoms. The third-order valence-electron chi connectivity index (χ3n) is 6.05. The standard InChI is InChI=1S/C28H31N3O3/c1-6-13-30(28(33)27-19(3)14-18(2)15-20(27)4)17-26-29-22-9-7-8-10-23(22)31(26)21-11-12-25(34-5)24(32)16-21/h7-12,14-16,32H,6,13,17H2,1-5H3. The van der Waals surface area contributed by atoms with Gasteiger partial charge in [-0.3, -0.25) is 9.36 Å². The average Bonchev–Trinajstić information content (AvgIpc) is 3.16. The minimum atomic E-state index is 0.00744. The summed E-state index contributed by atoms with van der Waals surface area (Å²) in [6, 6.07) is 17.3. The number of ether oxygens (including phenoxy) is 1. The minimum Gasteiger partial charge on any atom is -0.504 e. The summed E-state index contributed by atoms with van der Waals surface area (Å²) in [7, 11) is 1.52. The second-order valence-corrected chi connectivity index (χ2v) is 8.71. The van der Waals surface area contributed by atoms with E-state index in [1.165, 1.54) is 7.11 Å². The predicted octanol–water partition coefficient (Wildman–Crippen LogP) is 5.72. The van der Waals surface area contributed by atoms with Gasteiger partial charge < -0.3 is 14.7 Å². The molecule has 1 aromatic heterocycles. The molecular weight excluding hydrogens is 426 g/mol. The molecule has 0 saturated heterocycles. The van der Waals surface area contributed by atoms with Crippen LogP contribution in [0.4, 0.5) is 0 Å². The van der Waals surface area contributed by atoms with Gasteiger partial charge in [0, 0.05) is 18.2 Å². The highest BCUT2D eigenvalue weighted by molar-refractivity contribution is 5.97. The molecule has 0 atom stereocenters. The molecule has 0 aliphatic heterocycles. The Labute approximate surface area is 200 Å². The van der Waals surface area contributed by atoms with Crippen LogP contribution in [0.15, 0.2) is 54.6 Å². The molecule has 6 nitrogen and oxygen atoms in total. The van der Waals surface area contributed by atoms with Crippen LogP contribution in [0, 0.1) is 20.8 Å². The van der Waals surface area contributed by atoms with Gasteiger partial charge >= 0.3 is 0 Å². The number of nitrogens with zero attached hydrogens (tertiary/aromatic N) is 3. The summed E-state index contributed by atoms with van der Waals surface area (Å²) < 4.78 is 7.21. The zero-order valence-electron chi connectivity index (χ0n) is 20.4. The van der Waals surface area contributed by atoms with E-state index in [1.807, 2.05) is 60.6 Å². The molecule has 0 bridgehead atoms. The molecule has 1 amide bonds. The number of methoxy groups -OCH3 is 1. The van der Waals surface area contributed by atoms with Gasteiger partial charge in [-0.25, -0.2) is 4.98 Å². The molecule has 0 fully saturated rings. The number of hydrogen-bond acceptors (Lipinski definition) is 4. The first-order valence-corrected chi connectivity index (χ1v) is 11.5. The van der Waals surface area contributed by atoms with E-state index in [-0.39, 0.29) is 11.7 Å². The molecule has 6 heteroatoms. The maximum atomic E-state index is 13.7. The van der Waals surface area contributed by atoms with Gasteiger partial charge in [0.05, 0.1) is 30.4 Å². The minimum absolute atomic E-state index is 0.00744. The van der Waals surface area contributed by atoms with E-state index < -0.39 is 0 Å². The fourth-order valence-electron chi connectivity index (χ4n) is 4.66. The van der Waals surface area contributed by atoms with Crippen LogP contribution in [0.5, 0.6) is 11.5 Å². The van der Waals surface area contributed by atoms with Crippen LogP contribution in [-0.2, 0) is 6.54 Å². The third kappa shape index (κ3) is 4.36. The lowest BCUT2D eigenvalue weighted by molar-refractivity contribution is 0.0737. The number of aromatic nitrogens is 2. The van der Waals surface area contributed by atoms with Crippen molar-refractivity contribution in [1.29, 1.82) is 0 Å². The number of carbonyl (C=O) groups is 1. The van der Waals surface area contributed by atoms with Gasteiger partial charge in [-0.1, -0.05) is 36.8 Å². The quantitative estimate of drug-likeness (QED) is 0.386. The molecule has 0 radical (unpaired) electrons. The van der Waals surface area contributed by atoms with Crippen LogP contribution in [0.3, 0.4) is 0 Å². The second kappa shape index (κ2) is 9.59. The fraction of sp³-hybridized carbons (Fsp3) is 0.286. The Kier molecular flexibility index (Phi) is 6.59. The summed E-state index contributed by atoms with van der Waals surface area (Å²) in [5.41, 5.74) is 6.37. The van der Waals surface area contributed by atoms with Crippen LogP contribution >= 0.6 is 0 Å². The highest BCUT2D eigenvalue weighted by Gasteiger charge is 2.23. The molecule has 1 N–H and O–H groups in total. The van der Waals surface area contributed by atoms with Crippen molar-refractivity contribution in [2.24, 2.45) is 0 Å². The SMILES string of the molecule is CCCN(Cc1nc2ccccc2n1-c1ccc(OC)c(O)c1)C(=O)c1c(C)cc(C)cc1C. The van der Waals surface area contributed by atoms with Crippen LogP contribution in [-0.4, -0.2) is 39.1 Å². The van der Waals surface area contributed by atoms with Crippen LogP contribution in [0.1, 0.15) is 46.2 Å².